The fourth-order valence-electron chi connectivity index (χ4n) is 2.56. The van der Waals surface area contributed by atoms with Crippen LogP contribution in [0.1, 0.15) is 46.5 Å². The molecular formula is C14H24N4. The molecule has 4 nitrogen and oxygen atoms in total. The van der Waals surface area contributed by atoms with Crippen LogP contribution in [0.25, 0.3) is 0 Å². The van der Waals surface area contributed by atoms with E-state index < -0.39 is 0 Å². The van der Waals surface area contributed by atoms with Gasteiger partial charge >= 0.3 is 0 Å². The molecule has 1 aliphatic rings. The summed E-state index contributed by atoms with van der Waals surface area (Å²) in [6.45, 7) is 7.59. The lowest BCUT2D eigenvalue weighted by Crippen LogP contribution is -2.39. The van der Waals surface area contributed by atoms with E-state index in [0.717, 1.165) is 18.3 Å². The summed E-state index contributed by atoms with van der Waals surface area (Å²) in [6.07, 6.45) is 6.95. The topological polar surface area (TPSA) is 41.1 Å². The van der Waals surface area contributed by atoms with Gasteiger partial charge in [-0.2, -0.15) is 4.98 Å². The Bertz CT molecular complexity index is 378. The summed E-state index contributed by atoms with van der Waals surface area (Å²) < 4.78 is 0. The highest BCUT2D eigenvalue weighted by Gasteiger charge is 2.22. The molecule has 2 heterocycles. The molecule has 0 bridgehead atoms. The predicted octanol–water partition coefficient (Wildman–Crippen LogP) is 3.07. The molecule has 1 aromatic rings. The van der Waals surface area contributed by atoms with Crippen LogP contribution in [0.4, 0.5) is 11.8 Å². The van der Waals surface area contributed by atoms with Crippen molar-refractivity contribution in [1.82, 2.24) is 9.97 Å². The Labute approximate surface area is 110 Å². The van der Waals surface area contributed by atoms with E-state index in [1.54, 1.807) is 0 Å². The monoisotopic (exact) mass is 248 g/mol. The first kappa shape index (κ1) is 13.1. The molecule has 0 aliphatic carbocycles. The van der Waals surface area contributed by atoms with Gasteiger partial charge in [-0.05, 0) is 45.6 Å². The second-order valence-electron chi connectivity index (χ2n) is 5.29. The zero-order chi connectivity index (χ0) is 13.0. The van der Waals surface area contributed by atoms with Crippen molar-refractivity contribution in [3.05, 3.63) is 12.3 Å². The first-order valence-corrected chi connectivity index (χ1v) is 7.07. The zero-order valence-corrected chi connectivity index (χ0v) is 11.7. The van der Waals surface area contributed by atoms with Gasteiger partial charge in [-0.1, -0.05) is 6.92 Å². The Morgan fingerprint density at radius 3 is 3.00 bits per heavy atom. The van der Waals surface area contributed by atoms with Gasteiger partial charge in [0.1, 0.15) is 5.82 Å². The first-order valence-electron chi connectivity index (χ1n) is 7.07. The van der Waals surface area contributed by atoms with Gasteiger partial charge < -0.3 is 10.2 Å². The number of aromatic nitrogens is 2. The smallest absolute Gasteiger partial charge is 0.224 e. The molecule has 1 N–H and O–H groups in total. The van der Waals surface area contributed by atoms with Gasteiger partial charge in [-0.3, -0.25) is 0 Å². The van der Waals surface area contributed by atoms with Crippen LogP contribution in [-0.2, 0) is 0 Å². The number of nitrogens with one attached hydrogen (secondary N) is 1. The Kier molecular flexibility index (Phi) is 4.39. The van der Waals surface area contributed by atoms with Gasteiger partial charge in [0, 0.05) is 24.8 Å². The molecular weight excluding hydrogens is 224 g/mol. The van der Waals surface area contributed by atoms with Crippen molar-refractivity contribution in [2.24, 2.45) is 0 Å². The number of rotatable bonds is 4. The highest BCUT2D eigenvalue weighted by molar-refractivity contribution is 5.44. The van der Waals surface area contributed by atoms with Crippen LogP contribution < -0.4 is 10.2 Å². The second-order valence-corrected chi connectivity index (χ2v) is 5.29. The molecule has 1 fully saturated rings. The molecule has 4 heteroatoms. The molecule has 100 valence electrons. The molecule has 0 spiro atoms. The lowest BCUT2D eigenvalue weighted by atomic mass is 10.0. The van der Waals surface area contributed by atoms with Crippen molar-refractivity contribution >= 4 is 11.8 Å². The van der Waals surface area contributed by atoms with Crippen LogP contribution >= 0.6 is 0 Å². The molecule has 1 atom stereocenters. The fraction of sp³-hybridized carbons (Fsp3) is 0.714. The van der Waals surface area contributed by atoms with Gasteiger partial charge in [-0.25, -0.2) is 4.98 Å². The van der Waals surface area contributed by atoms with Gasteiger partial charge in [0.05, 0.1) is 0 Å². The van der Waals surface area contributed by atoms with E-state index in [4.69, 9.17) is 0 Å². The van der Waals surface area contributed by atoms with E-state index in [0.29, 0.717) is 12.1 Å². The minimum Gasteiger partial charge on any atom is -0.353 e. The summed E-state index contributed by atoms with van der Waals surface area (Å²) in [4.78, 5) is 11.4. The summed E-state index contributed by atoms with van der Waals surface area (Å²) >= 11 is 0. The average molecular weight is 248 g/mol. The van der Waals surface area contributed by atoms with Crippen molar-refractivity contribution in [1.29, 1.82) is 0 Å². The third kappa shape index (κ3) is 3.12. The number of hydrogen-bond donors (Lipinski definition) is 1. The maximum absolute atomic E-state index is 4.64. The van der Waals surface area contributed by atoms with E-state index in [-0.39, 0.29) is 0 Å². The number of hydrogen-bond acceptors (Lipinski definition) is 4. The minimum atomic E-state index is 0.364. The lowest BCUT2D eigenvalue weighted by molar-refractivity contribution is 0.446. The minimum absolute atomic E-state index is 0.364. The lowest BCUT2D eigenvalue weighted by Gasteiger charge is -2.36. The molecule has 0 amide bonds. The summed E-state index contributed by atoms with van der Waals surface area (Å²) in [5.74, 6) is 1.81. The maximum Gasteiger partial charge on any atom is 0.224 e. The summed E-state index contributed by atoms with van der Waals surface area (Å²) in [5.41, 5.74) is 0. The molecule has 1 aliphatic heterocycles. The quantitative estimate of drug-likeness (QED) is 0.889. The van der Waals surface area contributed by atoms with Crippen molar-refractivity contribution in [2.45, 2.75) is 58.5 Å². The molecule has 1 unspecified atom stereocenters. The third-order valence-electron chi connectivity index (χ3n) is 3.45. The molecule has 1 saturated heterocycles. The summed E-state index contributed by atoms with van der Waals surface area (Å²) in [5, 5.41) is 3.27. The second kappa shape index (κ2) is 6.03. The van der Waals surface area contributed by atoms with E-state index in [2.05, 4.69) is 41.0 Å². The van der Waals surface area contributed by atoms with Crippen molar-refractivity contribution < 1.29 is 0 Å². The molecule has 0 saturated carbocycles. The SMILES string of the molecule is CCC1CCCCN1c1ccnc(NC(C)C)n1. The highest BCUT2D eigenvalue weighted by atomic mass is 15.2. The van der Waals surface area contributed by atoms with E-state index in [1.807, 2.05) is 12.3 Å². The summed E-state index contributed by atoms with van der Waals surface area (Å²) in [7, 11) is 0. The molecule has 18 heavy (non-hydrogen) atoms. The highest BCUT2D eigenvalue weighted by Crippen LogP contribution is 2.25. The van der Waals surface area contributed by atoms with E-state index >= 15 is 0 Å². The van der Waals surface area contributed by atoms with Crippen molar-refractivity contribution in [3.8, 4) is 0 Å². The van der Waals surface area contributed by atoms with Crippen LogP contribution in [-0.4, -0.2) is 28.6 Å². The zero-order valence-electron chi connectivity index (χ0n) is 11.7. The fourth-order valence-corrected chi connectivity index (χ4v) is 2.56. The molecule has 0 aromatic carbocycles. The largest absolute Gasteiger partial charge is 0.353 e. The number of piperidine rings is 1. The molecule has 2 rings (SSSR count). The number of nitrogens with zero attached hydrogens (tertiary/aromatic N) is 3. The van der Waals surface area contributed by atoms with Gasteiger partial charge in [0.25, 0.3) is 0 Å². The van der Waals surface area contributed by atoms with Crippen LogP contribution in [0.5, 0.6) is 0 Å². The van der Waals surface area contributed by atoms with Crippen LogP contribution in [0.15, 0.2) is 12.3 Å². The van der Waals surface area contributed by atoms with Crippen LogP contribution in [0.3, 0.4) is 0 Å². The Morgan fingerprint density at radius 2 is 2.28 bits per heavy atom. The van der Waals surface area contributed by atoms with Crippen molar-refractivity contribution in [2.75, 3.05) is 16.8 Å². The standard InChI is InChI=1S/C14H24N4/c1-4-12-7-5-6-10-18(12)13-8-9-15-14(17-13)16-11(2)3/h8-9,11-12H,4-7,10H2,1-3H3,(H,15,16,17). The van der Waals surface area contributed by atoms with Gasteiger partial charge in [0.2, 0.25) is 5.95 Å². The predicted molar refractivity (Wildman–Crippen MR) is 76.1 cm³/mol. The third-order valence-corrected chi connectivity index (χ3v) is 3.45. The van der Waals surface area contributed by atoms with E-state index in [9.17, 15) is 0 Å². The molecule has 1 aromatic heterocycles. The normalized spacial score (nSPS) is 20.2. The average Bonchev–Trinajstić information content (AvgIpc) is 2.38. The number of anilines is 2. The van der Waals surface area contributed by atoms with Gasteiger partial charge in [-0.15, -0.1) is 0 Å². The van der Waals surface area contributed by atoms with Gasteiger partial charge in [0.15, 0.2) is 0 Å². The Balaban J connectivity index is 2.15. The van der Waals surface area contributed by atoms with Crippen molar-refractivity contribution in [3.63, 3.8) is 0 Å². The Morgan fingerprint density at radius 1 is 1.44 bits per heavy atom. The summed E-state index contributed by atoms with van der Waals surface area (Å²) in [6, 6.07) is 3.03. The first-order chi connectivity index (χ1) is 8.70. The van der Waals surface area contributed by atoms with Crippen LogP contribution in [0.2, 0.25) is 0 Å². The van der Waals surface area contributed by atoms with E-state index in [1.165, 1.54) is 25.7 Å². The molecule has 0 radical (unpaired) electrons. The maximum atomic E-state index is 4.64. The Hall–Kier alpha value is -1.32. The van der Waals surface area contributed by atoms with Crippen LogP contribution in [0, 0.1) is 0 Å².